The Kier molecular flexibility index (Phi) is 4.01. The van der Waals surface area contributed by atoms with Crippen molar-refractivity contribution in [1.82, 2.24) is 0 Å². The van der Waals surface area contributed by atoms with Crippen LogP contribution in [-0.2, 0) is 4.79 Å². The van der Waals surface area contributed by atoms with Crippen LogP contribution in [0.3, 0.4) is 0 Å². The van der Waals surface area contributed by atoms with E-state index in [1.54, 1.807) is 0 Å². The molecule has 1 aromatic carbocycles. The third-order valence-electron chi connectivity index (χ3n) is 1.97. The number of hydrogen-bond acceptors (Lipinski definition) is 2. The molecule has 1 amide bonds. The first-order valence-corrected chi connectivity index (χ1v) is 5.02. The zero-order chi connectivity index (χ0) is 12.1. The highest BCUT2D eigenvalue weighted by Gasteiger charge is 2.09. The summed E-state index contributed by atoms with van der Waals surface area (Å²) in [5, 5.41) is 11.0. The highest BCUT2D eigenvalue weighted by molar-refractivity contribution is 5.90. The van der Waals surface area contributed by atoms with Crippen molar-refractivity contribution in [1.29, 1.82) is 5.26 Å². The molecule has 4 heteroatoms. The Morgan fingerprint density at radius 2 is 2.25 bits per heavy atom. The summed E-state index contributed by atoms with van der Waals surface area (Å²) in [5.74, 6) is -0.587. The number of benzene rings is 1. The van der Waals surface area contributed by atoms with Crippen molar-refractivity contribution in [3.8, 4) is 6.07 Å². The molecule has 0 fully saturated rings. The lowest BCUT2D eigenvalue weighted by molar-refractivity contribution is -0.116. The SMILES string of the molecule is CC(C)CC(=O)Nc1ccc(C#N)cc1F. The first kappa shape index (κ1) is 12.2. The van der Waals surface area contributed by atoms with Crippen LogP contribution in [0.25, 0.3) is 0 Å². The van der Waals surface area contributed by atoms with Gasteiger partial charge in [0.1, 0.15) is 5.82 Å². The van der Waals surface area contributed by atoms with Crippen molar-refractivity contribution in [2.24, 2.45) is 5.92 Å². The highest BCUT2D eigenvalue weighted by atomic mass is 19.1. The van der Waals surface area contributed by atoms with Gasteiger partial charge in [-0.25, -0.2) is 4.39 Å². The van der Waals surface area contributed by atoms with Gasteiger partial charge in [0.15, 0.2) is 0 Å². The topological polar surface area (TPSA) is 52.9 Å². The Bertz CT molecular complexity index is 435. The Labute approximate surface area is 93.9 Å². The monoisotopic (exact) mass is 220 g/mol. The van der Waals surface area contributed by atoms with Crippen molar-refractivity contribution in [3.63, 3.8) is 0 Å². The number of nitrogens with zero attached hydrogens (tertiary/aromatic N) is 1. The lowest BCUT2D eigenvalue weighted by Crippen LogP contribution is -2.14. The number of nitrogens with one attached hydrogen (secondary N) is 1. The van der Waals surface area contributed by atoms with Crippen LogP contribution >= 0.6 is 0 Å². The standard InChI is InChI=1S/C12H13FN2O/c1-8(2)5-12(16)15-11-4-3-9(7-14)6-10(11)13/h3-4,6,8H,5H2,1-2H3,(H,15,16). The van der Waals surface area contributed by atoms with Gasteiger partial charge in [0.05, 0.1) is 17.3 Å². The molecule has 0 bridgehead atoms. The largest absolute Gasteiger partial charge is 0.324 e. The fourth-order valence-electron chi connectivity index (χ4n) is 1.26. The third kappa shape index (κ3) is 3.35. The Morgan fingerprint density at radius 1 is 1.56 bits per heavy atom. The van der Waals surface area contributed by atoms with E-state index in [1.165, 1.54) is 12.1 Å². The zero-order valence-electron chi connectivity index (χ0n) is 9.25. The van der Waals surface area contributed by atoms with Crippen LogP contribution in [-0.4, -0.2) is 5.91 Å². The summed E-state index contributed by atoms with van der Waals surface area (Å²) >= 11 is 0. The molecule has 0 aliphatic carbocycles. The summed E-state index contributed by atoms with van der Waals surface area (Å²) in [7, 11) is 0. The molecule has 1 aromatic rings. The van der Waals surface area contributed by atoms with Crippen LogP contribution in [0, 0.1) is 23.1 Å². The molecule has 16 heavy (non-hydrogen) atoms. The number of hydrogen-bond donors (Lipinski definition) is 1. The smallest absolute Gasteiger partial charge is 0.224 e. The number of carbonyl (C=O) groups excluding carboxylic acids is 1. The number of rotatable bonds is 3. The van der Waals surface area contributed by atoms with Crippen molar-refractivity contribution in [3.05, 3.63) is 29.6 Å². The minimum absolute atomic E-state index is 0.115. The van der Waals surface area contributed by atoms with Crippen molar-refractivity contribution in [2.75, 3.05) is 5.32 Å². The molecule has 0 spiro atoms. The molecular formula is C12H13FN2O. The zero-order valence-corrected chi connectivity index (χ0v) is 9.25. The van der Waals surface area contributed by atoms with E-state index in [9.17, 15) is 9.18 Å². The van der Waals surface area contributed by atoms with E-state index >= 15 is 0 Å². The lowest BCUT2D eigenvalue weighted by Gasteiger charge is -2.07. The number of amides is 1. The van der Waals surface area contributed by atoms with E-state index in [4.69, 9.17) is 5.26 Å². The molecule has 0 saturated heterocycles. The molecule has 0 heterocycles. The van der Waals surface area contributed by atoms with Gasteiger partial charge >= 0.3 is 0 Å². The highest BCUT2D eigenvalue weighted by Crippen LogP contribution is 2.16. The summed E-state index contributed by atoms with van der Waals surface area (Å²) in [6.45, 7) is 3.82. The molecular weight excluding hydrogens is 207 g/mol. The van der Waals surface area contributed by atoms with E-state index < -0.39 is 5.82 Å². The van der Waals surface area contributed by atoms with Crippen molar-refractivity contribution < 1.29 is 9.18 Å². The summed E-state index contributed by atoms with van der Waals surface area (Å²) in [4.78, 5) is 11.4. The quantitative estimate of drug-likeness (QED) is 0.851. The van der Waals surface area contributed by atoms with Crippen LogP contribution in [0.5, 0.6) is 0 Å². The Hall–Kier alpha value is -1.89. The molecule has 0 saturated carbocycles. The maximum Gasteiger partial charge on any atom is 0.224 e. The third-order valence-corrected chi connectivity index (χ3v) is 1.97. The molecule has 0 atom stereocenters. The van der Waals surface area contributed by atoms with Crippen LogP contribution in [0.2, 0.25) is 0 Å². The van der Waals surface area contributed by atoms with Gasteiger partial charge in [-0.1, -0.05) is 13.8 Å². The minimum Gasteiger partial charge on any atom is -0.324 e. The van der Waals surface area contributed by atoms with Gasteiger partial charge in [-0.05, 0) is 24.1 Å². The van der Waals surface area contributed by atoms with Gasteiger partial charge in [-0.15, -0.1) is 0 Å². The lowest BCUT2D eigenvalue weighted by atomic mass is 10.1. The van der Waals surface area contributed by atoms with E-state index in [-0.39, 0.29) is 23.1 Å². The van der Waals surface area contributed by atoms with E-state index in [0.717, 1.165) is 6.07 Å². The van der Waals surface area contributed by atoms with Crippen LogP contribution in [0.15, 0.2) is 18.2 Å². The van der Waals surface area contributed by atoms with Crippen LogP contribution in [0.1, 0.15) is 25.8 Å². The molecule has 0 unspecified atom stereocenters. The average molecular weight is 220 g/mol. The molecule has 1 N–H and O–H groups in total. The predicted molar refractivity (Wildman–Crippen MR) is 59.2 cm³/mol. The predicted octanol–water partition coefficient (Wildman–Crippen LogP) is 2.68. The maximum atomic E-state index is 13.4. The van der Waals surface area contributed by atoms with Gasteiger partial charge in [0.2, 0.25) is 5.91 Å². The summed E-state index contributed by atoms with van der Waals surface area (Å²) in [5.41, 5.74) is 0.351. The van der Waals surface area contributed by atoms with Crippen LogP contribution in [0.4, 0.5) is 10.1 Å². The van der Waals surface area contributed by atoms with Crippen LogP contribution < -0.4 is 5.32 Å². The van der Waals surface area contributed by atoms with Crippen molar-refractivity contribution >= 4 is 11.6 Å². The molecule has 84 valence electrons. The van der Waals surface area contributed by atoms with Gasteiger partial charge in [0.25, 0.3) is 0 Å². The number of halogens is 1. The minimum atomic E-state index is -0.587. The summed E-state index contributed by atoms with van der Waals surface area (Å²) in [6.07, 6.45) is 0.347. The maximum absolute atomic E-state index is 13.4. The van der Waals surface area contributed by atoms with E-state index in [0.29, 0.717) is 6.42 Å². The van der Waals surface area contributed by atoms with Gasteiger partial charge in [-0.3, -0.25) is 4.79 Å². The average Bonchev–Trinajstić information content (AvgIpc) is 2.19. The van der Waals surface area contributed by atoms with Gasteiger partial charge in [-0.2, -0.15) is 5.26 Å². The fourth-order valence-corrected chi connectivity index (χ4v) is 1.26. The first-order valence-electron chi connectivity index (χ1n) is 5.02. The number of nitriles is 1. The molecule has 1 rings (SSSR count). The second kappa shape index (κ2) is 5.26. The first-order chi connectivity index (χ1) is 7.52. The fraction of sp³-hybridized carbons (Fsp3) is 0.333. The van der Waals surface area contributed by atoms with Gasteiger partial charge in [0, 0.05) is 6.42 Å². The van der Waals surface area contributed by atoms with E-state index in [1.807, 2.05) is 19.9 Å². The Morgan fingerprint density at radius 3 is 2.75 bits per heavy atom. The van der Waals surface area contributed by atoms with E-state index in [2.05, 4.69) is 5.32 Å². The second-order valence-electron chi connectivity index (χ2n) is 3.95. The molecule has 0 aromatic heterocycles. The summed E-state index contributed by atoms with van der Waals surface area (Å²) in [6, 6.07) is 5.79. The van der Waals surface area contributed by atoms with Gasteiger partial charge < -0.3 is 5.32 Å². The Balaban J connectivity index is 2.75. The molecule has 3 nitrogen and oxygen atoms in total. The summed E-state index contributed by atoms with van der Waals surface area (Å²) < 4.78 is 13.4. The number of anilines is 1. The normalized spacial score (nSPS) is 9.94. The molecule has 0 aliphatic rings. The number of carbonyl (C=O) groups is 1. The second-order valence-corrected chi connectivity index (χ2v) is 3.95. The van der Waals surface area contributed by atoms with Crippen molar-refractivity contribution in [2.45, 2.75) is 20.3 Å². The molecule has 0 radical (unpaired) electrons. The molecule has 0 aliphatic heterocycles.